The van der Waals surface area contributed by atoms with Gasteiger partial charge in [-0.1, -0.05) is 26.2 Å². The van der Waals surface area contributed by atoms with Crippen molar-refractivity contribution in [2.45, 2.75) is 39.0 Å². The van der Waals surface area contributed by atoms with Crippen LogP contribution in [0.3, 0.4) is 0 Å². The maximum atomic E-state index is 9.96. The van der Waals surface area contributed by atoms with Crippen molar-refractivity contribution in [3.8, 4) is 0 Å². The first-order valence-electron chi connectivity index (χ1n) is 3.75. The number of carbonyl (C=O) groups is 1. The molecule has 1 atom stereocenters. The van der Waals surface area contributed by atoms with Gasteiger partial charge in [0.15, 0.2) is 0 Å². The number of rotatable bonds is 5. The van der Waals surface area contributed by atoms with Gasteiger partial charge < -0.3 is 10.00 Å². The summed E-state index contributed by atoms with van der Waals surface area (Å²) in [5, 5.41) is 8.21. The second-order valence-corrected chi connectivity index (χ2v) is 2.20. The minimum atomic E-state index is -0.675. The molecule has 0 rings (SSSR count). The molecule has 0 saturated carbocycles. The molecule has 0 aliphatic rings. The number of hydrogen-bond acceptors (Lipinski definition) is 2. The molecule has 0 aromatic rings. The molecule has 0 bridgehead atoms. The lowest BCUT2D eigenvalue weighted by atomic mass is 10.2. The normalized spacial score (nSPS) is 8.27. The van der Waals surface area contributed by atoms with E-state index >= 15 is 0 Å². The molecular weight excluding hydrogens is 163 g/mol. The summed E-state index contributed by atoms with van der Waals surface area (Å²) in [5.41, 5.74) is 0. The second-order valence-electron chi connectivity index (χ2n) is 2.20. The summed E-state index contributed by atoms with van der Waals surface area (Å²) in [6.07, 6.45) is 4.55. The van der Waals surface area contributed by atoms with Gasteiger partial charge in [0, 0.05) is 6.42 Å². The van der Waals surface area contributed by atoms with Gasteiger partial charge in [-0.15, -0.1) is 0 Å². The Hall–Kier alpha value is -0.140. The summed E-state index contributed by atoms with van der Waals surface area (Å²) in [6.45, 7) is 2.11. The summed E-state index contributed by atoms with van der Waals surface area (Å²) < 4.78 is 0. The largest absolute Gasteiger partial charge is 0.481 e. The third-order valence-electron chi connectivity index (χ3n) is 1.24. The summed E-state index contributed by atoms with van der Waals surface area (Å²) in [6, 6.07) is 0. The van der Waals surface area contributed by atoms with E-state index in [1.165, 1.54) is 15.9 Å². The fourth-order valence-corrected chi connectivity index (χ4v) is 0.703. The van der Waals surface area contributed by atoms with Gasteiger partial charge in [-0.3, -0.25) is 4.79 Å². The van der Waals surface area contributed by atoms with E-state index in [0.717, 1.165) is 19.3 Å². The molecule has 0 aliphatic carbocycles. The van der Waals surface area contributed by atoms with Crippen LogP contribution in [0.2, 0.25) is 0 Å². The van der Waals surface area contributed by atoms with Crippen LogP contribution >= 0.6 is 9.47 Å². The lowest BCUT2D eigenvalue weighted by Gasteiger charge is -1.92. The number of hydrogen-bond donors (Lipinski definition) is 2. The molecule has 3 nitrogen and oxygen atoms in total. The quantitative estimate of drug-likeness (QED) is 0.501. The zero-order valence-corrected chi connectivity index (χ0v) is 8.07. The minimum Gasteiger partial charge on any atom is -0.481 e. The van der Waals surface area contributed by atoms with Crippen LogP contribution in [0.5, 0.6) is 0 Å². The zero-order chi connectivity index (χ0) is 9.11. The number of carboxylic acids is 1. The fraction of sp³-hybridized carbons (Fsp3) is 0.857. The molecule has 0 saturated heterocycles. The van der Waals surface area contributed by atoms with E-state index in [4.69, 9.17) is 10.00 Å². The molecule has 0 aromatic carbocycles. The Bertz CT molecular complexity index is 85.8. The maximum Gasteiger partial charge on any atom is 0.303 e. The molecule has 0 amide bonds. The second kappa shape index (κ2) is 12.5. The summed E-state index contributed by atoms with van der Waals surface area (Å²) in [5.74, 6) is -0.675. The zero-order valence-electron chi connectivity index (χ0n) is 6.92. The monoisotopic (exact) mass is 180 g/mol. The molecule has 2 N–H and O–H groups in total. The van der Waals surface area contributed by atoms with Gasteiger partial charge in [0.25, 0.3) is 0 Å². The van der Waals surface area contributed by atoms with Gasteiger partial charge in [0.2, 0.25) is 0 Å². The molecular formula is C7H17O3P. The van der Waals surface area contributed by atoms with Crippen LogP contribution in [0.4, 0.5) is 0 Å². The molecule has 68 valence electrons. The molecule has 0 heterocycles. The smallest absolute Gasteiger partial charge is 0.303 e. The highest BCUT2D eigenvalue weighted by atomic mass is 31.0. The highest BCUT2D eigenvalue weighted by molar-refractivity contribution is 7.08. The van der Waals surface area contributed by atoms with E-state index in [-0.39, 0.29) is 0 Å². The van der Waals surface area contributed by atoms with E-state index in [1.807, 2.05) is 0 Å². The van der Waals surface area contributed by atoms with Gasteiger partial charge in [0.1, 0.15) is 0 Å². The van der Waals surface area contributed by atoms with Crippen molar-refractivity contribution >= 4 is 15.4 Å². The summed E-state index contributed by atoms with van der Waals surface area (Å²) in [7, 11) is 1.42. The third-order valence-corrected chi connectivity index (χ3v) is 1.24. The number of unbranched alkanes of at least 4 members (excludes halogenated alkanes) is 3. The van der Waals surface area contributed by atoms with E-state index < -0.39 is 5.97 Å². The van der Waals surface area contributed by atoms with Crippen LogP contribution in [-0.2, 0) is 4.79 Å². The van der Waals surface area contributed by atoms with Crippen molar-refractivity contribution in [3.63, 3.8) is 0 Å². The van der Waals surface area contributed by atoms with E-state index in [1.54, 1.807) is 0 Å². The molecule has 0 spiro atoms. The third kappa shape index (κ3) is 17.7. The van der Waals surface area contributed by atoms with E-state index in [2.05, 4.69) is 6.92 Å². The Morgan fingerprint density at radius 3 is 2.18 bits per heavy atom. The number of carboxylic acid groups (broad SMARTS) is 1. The van der Waals surface area contributed by atoms with Crippen LogP contribution < -0.4 is 0 Å². The Morgan fingerprint density at radius 2 is 1.82 bits per heavy atom. The van der Waals surface area contributed by atoms with Crippen LogP contribution in [0.15, 0.2) is 0 Å². The fourth-order valence-electron chi connectivity index (χ4n) is 0.703. The van der Waals surface area contributed by atoms with Gasteiger partial charge in [-0.2, -0.15) is 0 Å². The predicted octanol–water partition coefficient (Wildman–Crippen LogP) is 1.81. The highest BCUT2D eigenvalue weighted by Gasteiger charge is 1.93. The molecule has 11 heavy (non-hydrogen) atoms. The average molecular weight is 180 g/mol. The lowest BCUT2D eigenvalue weighted by molar-refractivity contribution is -0.137. The molecule has 0 aromatic heterocycles. The van der Waals surface area contributed by atoms with Crippen LogP contribution in [0.1, 0.15) is 39.0 Å². The number of aliphatic carboxylic acids is 1. The molecule has 0 aliphatic heterocycles. The van der Waals surface area contributed by atoms with Gasteiger partial charge in [0.05, 0.1) is 0 Å². The summed E-state index contributed by atoms with van der Waals surface area (Å²) in [4.78, 5) is 16.9. The highest BCUT2D eigenvalue weighted by Crippen LogP contribution is 2.01. The topological polar surface area (TPSA) is 57.5 Å². The first-order chi connectivity index (χ1) is 5.27. The van der Waals surface area contributed by atoms with Crippen molar-refractivity contribution in [2.75, 3.05) is 0 Å². The van der Waals surface area contributed by atoms with Crippen LogP contribution in [0.25, 0.3) is 0 Å². The first kappa shape index (κ1) is 13.4. The van der Waals surface area contributed by atoms with Gasteiger partial charge in [-0.25, -0.2) is 0 Å². The Kier molecular flexibility index (Phi) is 15.3. The molecule has 0 radical (unpaired) electrons. The van der Waals surface area contributed by atoms with Crippen molar-refractivity contribution in [1.29, 1.82) is 0 Å². The first-order valence-corrected chi connectivity index (χ1v) is 4.26. The van der Waals surface area contributed by atoms with E-state index in [9.17, 15) is 4.79 Å². The Morgan fingerprint density at radius 1 is 1.27 bits per heavy atom. The Labute approximate surface area is 70.1 Å². The van der Waals surface area contributed by atoms with Crippen LogP contribution in [0, 0.1) is 0 Å². The van der Waals surface area contributed by atoms with Crippen LogP contribution in [-0.4, -0.2) is 16.0 Å². The van der Waals surface area contributed by atoms with E-state index in [0.29, 0.717) is 6.42 Å². The molecule has 4 heteroatoms. The van der Waals surface area contributed by atoms with Crippen molar-refractivity contribution in [2.24, 2.45) is 0 Å². The SMILES string of the molecule is CCCCCCC(=O)O.OP. The maximum absolute atomic E-state index is 9.96. The van der Waals surface area contributed by atoms with Gasteiger partial charge in [-0.05, 0) is 15.9 Å². The lowest BCUT2D eigenvalue weighted by Crippen LogP contribution is -1.92. The van der Waals surface area contributed by atoms with Crippen molar-refractivity contribution in [1.82, 2.24) is 0 Å². The average Bonchev–Trinajstić information content (AvgIpc) is 2.02. The standard InChI is InChI=1S/C7H14O2.H3OP/c1-2-3-4-5-6-7(8)9;1-2/h2-6H2,1H3,(H,8,9);1H,2H2. The van der Waals surface area contributed by atoms with Gasteiger partial charge >= 0.3 is 5.97 Å². The predicted molar refractivity (Wildman–Crippen MR) is 48.3 cm³/mol. The molecule has 1 unspecified atom stereocenters. The van der Waals surface area contributed by atoms with Crippen molar-refractivity contribution in [3.05, 3.63) is 0 Å². The molecule has 0 fully saturated rings. The Balaban J connectivity index is 0. The van der Waals surface area contributed by atoms with Crippen molar-refractivity contribution < 1.29 is 14.8 Å². The minimum absolute atomic E-state index is 0.333. The summed E-state index contributed by atoms with van der Waals surface area (Å²) >= 11 is 0.